The molecule has 0 saturated carbocycles. The van der Waals surface area contributed by atoms with Crippen LogP contribution in [0.5, 0.6) is 5.75 Å². The van der Waals surface area contributed by atoms with Crippen molar-refractivity contribution in [3.63, 3.8) is 0 Å². The first-order valence-corrected chi connectivity index (χ1v) is 6.19. The molecule has 0 aliphatic carbocycles. The Morgan fingerprint density at radius 1 is 1.26 bits per heavy atom. The molecule has 0 unspecified atom stereocenters. The molecule has 0 saturated heterocycles. The summed E-state index contributed by atoms with van der Waals surface area (Å²) in [7, 11) is 0. The van der Waals surface area contributed by atoms with Crippen molar-refractivity contribution < 1.29 is 9.13 Å². The zero-order chi connectivity index (χ0) is 13.5. The monoisotopic (exact) mass is 275 g/mol. The number of hydrogen-bond acceptors (Lipinski definition) is 2. The topological polar surface area (TPSA) is 22.1 Å². The van der Waals surface area contributed by atoms with E-state index in [0.29, 0.717) is 11.3 Å². The van der Waals surface area contributed by atoms with E-state index in [1.54, 1.807) is 6.20 Å². The molecule has 0 bridgehead atoms. The van der Waals surface area contributed by atoms with Crippen LogP contribution in [0, 0.1) is 17.7 Å². The molecule has 0 spiro atoms. The summed E-state index contributed by atoms with van der Waals surface area (Å²) < 4.78 is 18.6. The standard InChI is InChI=1S/C15H11ClFNO/c16-7-3-5-13-4-1-2-6-15(13)19-11-12-8-14(17)10-18-9-12/h1-2,4,6,8-10H,7,11H2. The number of benzene rings is 1. The number of pyridine rings is 1. The van der Waals surface area contributed by atoms with Crippen molar-refractivity contribution >= 4 is 11.6 Å². The van der Waals surface area contributed by atoms with Crippen LogP contribution in [0.15, 0.2) is 42.7 Å². The highest BCUT2D eigenvalue weighted by atomic mass is 35.5. The van der Waals surface area contributed by atoms with Crippen molar-refractivity contribution in [3.05, 3.63) is 59.7 Å². The van der Waals surface area contributed by atoms with Gasteiger partial charge < -0.3 is 4.74 Å². The van der Waals surface area contributed by atoms with E-state index in [0.717, 1.165) is 11.8 Å². The normalized spacial score (nSPS) is 9.58. The van der Waals surface area contributed by atoms with Crippen LogP contribution in [0.1, 0.15) is 11.1 Å². The number of alkyl halides is 1. The fourth-order valence-electron chi connectivity index (χ4n) is 1.52. The highest BCUT2D eigenvalue weighted by molar-refractivity contribution is 6.19. The smallest absolute Gasteiger partial charge is 0.141 e. The predicted octanol–water partition coefficient (Wildman–Crippen LogP) is 3.39. The molecule has 1 aromatic carbocycles. The molecule has 0 fully saturated rings. The minimum Gasteiger partial charge on any atom is -0.488 e. The molecule has 4 heteroatoms. The molecule has 2 rings (SSSR count). The maximum Gasteiger partial charge on any atom is 0.141 e. The maximum atomic E-state index is 13.0. The summed E-state index contributed by atoms with van der Waals surface area (Å²) in [6, 6.07) is 8.77. The van der Waals surface area contributed by atoms with Gasteiger partial charge in [-0.15, -0.1) is 11.6 Å². The maximum absolute atomic E-state index is 13.0. The van der Waals surface area contributed by atoms with Gasteiger partial charge in [-0.05, 0) is 18.2 Å². The fourth-order valence-corrected chi connectivity index (χ4v) is 1.59. The molecule has 0 atom stereocenters. The van der Waals surface area contributed by atoms with E-state index in [-0.39, 0.29) is 18.3 Å². The lowest BCUT2D eigenvalue weighted by Crippen LogP contribution is -1.98. The van der Waals surface area contributed by atoms with Gasteiger partial charge >= 0.3 is 0 Å². The number of rotatable bonds is 3. The molecule has 0 amide bonds. The van der Waals surface area contributed by atoms with E-state index < -0.39 is 0 Å². The predicted molar refractivity (Wildman–Crippen MR) is 72.6 cm³/mol. The number of halogens is 2. The molecule has 96 valence electrons. The summed E-state index contributed by atoms with van der Waals surface area (Å²) in [5.41, 5.74) is 1.42. The highest BCUT2D eigenvalue weighted by Crippen LogP contribution is 2.18. The largest absolute Gasteiger partial charge is 0.488 e. The van der Waals surface area contributed by atoms with Gasteiger partial charge in [0.1, 0.15) is 18.2 Å². The third kappa shape index (κ3) is 3.97. The van der Waals surface area contributed by atoms with Gasteiger partial charge in [0, 0.05) is 11.8 Å². The van der Waals surface area contributed by atoms with Gasteiger partial charge in [-0.25, -0.2) is 4.39 Å². The van der Waals surface area contributed by atoms with Crippen molar-refractivity contribution in [1.29, 1.82) is 0 Å². The highest BCUT2D eigenvalue weighted by Gasteiger charge is 2.02. The SMILES string of the molecule is Fc1cncc(COc2ccccc2C#CCCl)c1. The number of hydrogen-bond donors (Lipinski definition) is 0. The summed E-state index contributed by atoms with van der Waals surface area (Å²) in [6.07, 6.45) is 2.72. The van der Waals surface area contributed by atoms with Crippen molar-refractivity contribution in [2.75, 3.05) is 5.88 Å². The summed E-state index contributed by atoms with van der Waals surface area (Å²) in [4.78, 5) is 3.77. The molecular formula is C15H11ClFNO. The third-order valence-corrected chi connectivity index (χ3v) is 2.47. The lowest BCUT2D eigenvalue weighted by atomic mass is 10.2. The van der Waals surface area contributed by atoms with E-state index in [1.165, 1.54) is 6.07 Å². The molecule has 0 N–H and O–H groups in total. The van der Waals surface area contributed by atoms with Crippen LogP contribution in [-0.2, 0) is 6.61 Å². The van der Waals surface area contributed by atoms with Crippen LogP contribution < -0.4 is 4.74 Å². The van der Waals surface area contributed by atoms with Gasteiger partial charge in [-0.2, -0.15) is 0 Å². The van der Waals surface area contributed by atoms with Crippen LogP contribution in [0.3, 0.4) is 0 Å². The van der Waals surface area contributed by atoms with Crippen LogP contribution >= 0.6 is 11.6 Å². The van der Waals surface area contributed by atoms with Crippen LogP contribution in [-0.4, -0.2) is 10.9 Å². The Labute approximate surface area is 116 Å². The van der Waals surface area contributed by atoms with Gasteiger partial charge in [0.05, 0.1) is 17.6 Å². The van der Waals surface area contributed by atoms with Gasteiger partial charge in [0.15, 0.2) is 0 Å². The minimum absolute atomic E-state index is 0.240. The molecule has 1 aromatic heterocycles. The number of ether oxygens (including phenoxy) is 1. The molecular weight excluding hydrogens is 265 g/mol. The molecule has 1 heterocycles. The van der Waals surface area contributed by atoms with Crippen molar-refractivity contribution in [2.45, 2.75) is 6.61 Å². The number of para-hydroxylation sites is 1. The summed E-state index contributed by atoms with van der Waals surface area (Å²) in [5.74, 6) is 6.22. The Kier molecular flexibility index (Phi) is 4.77. The molecule has 2 aromatic rings. The first-order chi connectivity index (χ1) is 9.29. The average molecular weight is 276 g/mol. The van der Waals surface area contributed by atoms with Crippen molar-refractivity contribution in [3.8, 4) is 17.6 Å². The van der Waals surface area contributed by atoms with E-state index in [4.69, 9.17) is 16.3 Å². The van der Waals surface area contributed by atoms with Crippen LogP contribution in [0.25, 0.3) is 0 Å². The Hall–Kier alpha value is -2.05. The van der Waals surface area contributed by atoms with Gasteiger partial charge in [0.2, 0.25) is 0 Å². The lowest BCUT2D eigenvalue weighted by Gasteiger charge is -2.07. The Bertz CT molecular complexity index is 619. The first kappa shape index (κ1) is 13.4. The zero-order valence-corrected chi connectivity index (χ0v) is 10.8. The van der Waals surface area contributed by atoms with Gasteiger partial charge in [-0.1, -0.05) is 24.0 Å². The van der Waals surface area contributed by atoms with E-state index in [2.05, 4.69) is 16.8 Å². The molecule has 19 heavy (non-hydrogen) atoms. The van der Waals surface area contributed by atoms with E-state index >= 15 is 0 Å². The fraction of sp³-hybridized carbons (Fsp3) is 0.133. The van der Waals surface area contributed by atoms with Crippen molar-refractivity contribution in [1.82, 2.24) is 4.98 Å². The molecule has 0 aliphatic heterocycles. The Balaban J connectivity index is 2.11. The van der Waals surface area contributed by atoms with E-state index in [1.807, 2.05) is 24.3 Å². The Morgan fingerprint density at radius 3 is 2.89 bits per heavy atom. The second-order valence-corrected chi connectivity index (χ2v) is 4.00. The van der Waals surface area contributed by atoms with Gasteiger partial charge in [-0.3, -0.25) is 4.98 Å². The quantitative estimate of drug-likeness (QED) is 0.633. The zero-order valence-electron chi connectivity index (χ0n) is 10.1. The molecule has 0 aliphatic rings. The summed E-state index contributed by atoms with van der Waals surface area (Å²) >= 11 is 5.53. The average Bonchev–Trinajstić information content (AvgIpc) is 2.44. The summed E-state index contributed by atoms with van der Waals surface area (Å²) in [6.45, 7) is 0.240. The van der Waals surface area contributed by atoms with Crippen LogP contribution in [0.2, 0.25) is 0 Å². The number of aromatic nitrogens is 1. The lowest BCUT2D eigenvalue weighted by molar-refractivity contribution is 0.304. The summed E-state index contributed by atoms with van der Waals surface area (Å²) in [5, 5.41) is 0. The third-order valence-electron chi connectivity index (χ3n) is 2.33. The molecule has 2 nitrogen and oxygen atoms in total. The second kappa shape index (κ2) is 6.77. The van der Waals surface area contributed by atoms with E-state index in [9.17, 15) is 4.39 Å². The minimum atomic E-state index is -0.378. The van der Waals surface area contributed by atoms with Gasteiger partial charge in [0.25, 0.3) is 0 Å². The molecule has 0 radical (unpaired) electrons. The van der Waals surface area contributed by atoms with Crippen LogP contribution in [0.4, 0.5) is 4.39 Å². The van der Waals surface area contributed by atoms with Crippen molar-refractivity contribution in [2.24, 2.45) is 0 Å². The Morgan fingerprint density at radius 2 is 2.11 bits per heavy atom. The number of nitrogens with zero attached hydrogens (tertiary/aromatic N) is 1. The first-order valence-electron chi connectivity index (χ1n) is 5.65. The second-order valence-electron chi connectivity index (χ2n) is 3.73.